The van der Waals surface area contributed by atoms with E-state index in [-0.39, 0.29) is 43.0 Å². The molecular weight excluding hydrogens is 470 g/mol. The van der Waals surface area contributed by atoms with E-state index in [1.807, 2.05) is 24.3 Å². The molecule has 0 radical (unpaired) electrons. The molecule has 1 aliphatic carbocycles. The van der Waals surface area contributed by atoms with Crippen molar-refractivity contribution in [3.63, 3.8) is 0 Å². The number of aromatic hydroxyl groups is 2. The van der Waals surface area contributed by atoms with Crippen molar-refractivity contribution in [2.75, 3.05) is 6.61 Å². The minimum absolute atomic E-state index is 0.0312. The SMILES string of the molecule is O=C(NCc1cc(C(=O)NCc2ccc(O)cc2O)ccn1)OCC1c2ccccc2-c2ccccc21. The van der Waals surface area contributed by atoms with Crippen LogP contribution in [0.4, 0.5) is 4.79 Å². The summed E-state index contributed by atoms with van der Waals surface area (Å²) >= 11 is 0. The maximum Gasteiger partial charge on any atom is 0.407 e. The molecule has 0 saturated heterocycles. The summed E-state index contributed by atoms with van der Waals surface area (Å²) in [5, 5.41) is 24.7. The van der Waals surface area contributed by atoms with Gasteiger partial charge in [0.2, 0.25) is 0 Å². The number of amides is 2. The summed E-state index contributed by atoms with van der Waals surface area (Å²) in [5.41, 5.74) is 5.91. The highest BCUT2D eigenvalue weighted by Crippen LogP contribution is 2.44. The van der Waals surface area contributed by atoms with E-state index >= 15 is 0 Å². The number of pyridine rings is 1. The van der Waals surface area contributed by atoms with Gasteiger partial charge in [-0.15, -0.1) is 0 Å². The van der Waals surface area contributed by atoms with Crippen LogP contribution in [0.25, 0.3) is 11.1 Å². The highest BCUT2D eigenvalue weighted by Gasteiger charge is 2.29. The van der Waals surface area contributed by atoms with Crippen molar-refractivity contribution >= 4 is 12.0 Å². The smallest absolute Gasteiger partial charge is 0.407 e. The van der Waals surface area contributed by atoms with E-state index in [9.17, 15) is 19.8 Å². The molecule has 0 saturated carbocycles. The summed E-state index contributed by atoms with van der Waals surface area (Å²) in [7, 11) is 0. The average Bonchev–Trinajstić information content (AvgIpc) is 3.24. The Morgan fingerprint density at radius 2 is 1.54 bits per heavy atom. The number of ether oxygens (including phenoxy) is 1. The first-order valence-corrected chi connectivity index (χ1v) is 11.8. The quantitative estimate of drug-likeness (QED) is 0.300. The molecule has 3 aromatic carbocycles. The number of alkyl carbamates (subject to hydrolysis) is 1. The number of fused-ring (bicyclic) bond motifs is 3. The normalized spacial score (nSPS) is 11.9. The molecule has 8 heteroatoms. The lowest BCUT2D eigenvalue weighted by Crippen LogP contribution is -2.26. The first-order valence-electron chi connectivity index (χ1n) is 11.8. The van der Waals surface area contributed by atoms with Gasteiger partial charge in [-0.05, 0) is 46.5 Å². The lowest BCUT2D eigenvalue weighted by atomic mass is 9.98. The van der Waals surface area contributed by atoms with Crippen LogP contribution < -0.4 is 10.6 Å². The summed E-state index contributed by atoms with van der Waals surface area (Å²) in [6.07, 6.45) is 0.920. The summed E-state index contributed by atoms with van der Waals surface area (Å²) in [4.78, 5) is 29.2. The number of phenolic OH excluding ortho intramolecular Hbond substituents is 2. The summed E-state index contributed by atoms with van der Waals surface area (Å²) in [6, 6.07) is 23.6. The Labute approximate surface area is 213 Å². The van der Waals surface area contributed by atoms with Gasteiger partial charge in [-0.3, -0.25) is 9.78 Å². The molecule has 4 aromatic rings. The van der Waals surface area contributed by atoms with Gasteiger partial charge in [0.05, 0.1) is 12.2 Å². The van der Waals surface area contributed by atoms with E-state index in [1.54, 1.807) is 12.1 Å². The van der Waals surface area contributed by atoms with E-state index in [2.05, 4.69) is 39.9 Å². The Morgan fingerprint density at radius 1 is 0.838 bits per heavy atom. The van der Waals surface area contributed by atoms with Gasteiger partial charge in [-0.25, -0.2) is 4.79 Å². The zero-order valence-corrected chi connectivity index (χ0v) is 19.8. The molecule has 186 valence electrons. The van der Waals surface area contributed by atoms with Crippen molar-refractivity contribution in [1.82, 2.24) is 15.6 Å². The highest BCUT2D eigenvalue weighted by atomic mass is 16.5. The number of hydrogen-bond acceptors (Lipinski definition) is 6. The Hall–Kier alpha value is -4.85. The molecule has 4 N–H and O–H groups in total. The molecule has 0 bridgehead atoms. The van der Waals surface area contributed by atoms with E-state index in [1.165, 1.54) is 24.4 Å². The van der Waals surface area contributed by atoms with Crippen molar-refractivity contribution in [3.8, 4) is 22.6 Å². The van der Waals surface area contributed by atoms with Crippen molar-refractivity contribution in [2.24, 2.45) is 0 Å². The lowest BCUT2D eigenvalue weighted by molar-refractivity contribution is 0.0950. The number of carbonyl (C=O) groups excluding carboxylic acids is 2. The molecule has 1 aromatic heterocycles. The number of nitrogens with zero attached hydrogens (tertiary/aromatic N) is 1. The predicted molar refractivity (Wildman–Crippen MR) is 137 cm³/mol. The van der Waals surface area contributed by atoms with Gasteiger partial charge in [0.25, 0.3) is 5.91 Å². The molecule has 1 heterocycles. The standard InChI is InChI=1S/C29H25N3O5/c33-21-10-9-19(27(34)14-21)15-31-28(35)18-11-12-30-20(13-18)16-32-29(36)37-17-26-24-7-3-1-5-22(24)23-6-2-4-8-25(23)26/h1-14,26,33-34H,15-17H2,(H,31,35)(H,32,36). The van der Waals surface area contributed by atoms with Crippen LogP contribution in [0.15, 0.2) is 85.1 Å². The van der Waals surface area contributed by atoms with Crippen molar-refractivity contribution in [1.29, 1.82) is 0 Å². The molecule has 2 amide bonds. The second-order valence-electron chi connectivity index (χ2n) is 8.71. The summed E-state index contributed by atoms with van der Waals surface area (Å²) in [6.45, 7) is 0.386. The second kappa shape index (κ2) is 10.4. The van der Waals surface area contributed by atoms with Gasteiger partial charge >= 0.3 is 6.09 Å². The van der Waals surface area contributed by atoms with E-state index < -0.39 is 6.09 Å². The van der Waals surface area contributed by atoms with Gasteiger partial charge in [0, 0.05) is 35.9 Å². The number of phenols is 2. The number of nitrogens with one attached hydrogen (secondary N) is 2. The Balaban J connectivity index is 1.15. The molecule has 0 aliphatic heterocycles. The van der Waals surface area contributed by atoms with Crippen LogP contribution in [-0.2, 0) is 17.8 Å². The fraction of sp³-hybridized carbons (Fsp3) is 0.138. The van der Waals surface area contributed by atoms with Crippen LogP contribution in [0.2, 0.25) is 0 Å². The fourth-order valence-electron chi connectivity index (χ4n) is 4.51. The van der Waals surface area contributed by atoms with E-state index in [4.69, 9.17) is 4.74 Å². The summed E-state index contributed by atoms with van der Waals surface area (Å²) < 4.78 is 5.55. The first kappa shape index (κ1) is 23.9. The maximum atomic E-state index is 12.6. The molecule has 0 atom stereocenters. The van der Waals surface area contributed by atoms with E-state index in [0.717, 1.165) is 22.3 Å². The number of hydrogen-bond donors (Lipinski definition) is 4. The van der Waals surface area contributed by atoms with Gasteiger partial charge in [0.1, 0.15) is 18.1 Å². The van der Waals surface area contributed by atoms with Crippen LogP contribution >= 0.6 is 0 Å². The van der Waals surface area contributed by atoms with Gasteiger partial charge in [-0.2, -0.15) is 0 Å². The molecule has 0 spiro atoms. The Kier molecular flexibility index (Phi) is 6.72. The number of benzene rings is 3. The van der Waals surface area contributed by atoms with Crippen molar-refractivity contribution < 1.29 is 24.5 Å². The van der Waals surface area contributed by atoms with Crippen LogP contribution in [0.1, 0.15) is 38.7 Å². The fourth-order valence-corrected chi connectivity index (χ4v) is 4.51. The Bertz CT molecular complexity index is 1420. The molecule has 1 aliphatic rings. The second-order valence-corrected chi connectivity index (χ2v) is 8.71. The molecular formula is C29H25N3O5. The third-order valence-corrected chi connectivity index (χ3v) is 6.34. The van der Waals surface area contributed by atoms with Gasteiger partial charge in [0.15, 0.2) is 0 Å². The minimum Gasteiger partial charge on any atom is -0.508 e. The van der Waals surface area contributed by atoms with E-state index in [0.29, 0.717) is 16.8 Å². The minimum atomic E-state index is -0.568. The monoisotopic (exact) mass is 495 g/mol. The lowest BCUT2D eigenvalue weighted by Gasteiger charge is -2.14. The topological polar surface area (TPSA) is 121 Å². The van der Waals surface area contributed by atoms with Crippen molar-refractivity contribution in [3.05, 3.63) is 113 Å². The third-order valence-electron chi connectivity index (χ3n) is 6.34. The van der Waals surface area contributed by atoms with Gasteiger partial charge in [-0.1, -0.05) is 48.5 Å². The summed E-state index contributed by atoms with van der Waals surface area (Å²) in [5.74, 6) is -0.563. The third kappa shape index (κ3) is 5.23. The largest absolute Gasteiger partial charge is 0.508 e. The maximum absolute atomic E-state index is 12.6. The zero-order valence-electron chi connectivity index (χ0n) is 19.8. The number of carbonyl (C=O) groups is 2. The van der Waals surface area contributed by atoms with Crippen LogP contribution in [0, 0.1) is 0 Å². The van der Waals surface area contributed by atoms with Crippen LogP contribution in [0.3, 0.4) is 0 Å². The van der Waals surface area contributed by atoms with Crippen molar-refractivity contribution in [2.45, 2.75) is 19.0 Å². The van der Waals surface area contributed by atoms with Crippen LogP contribution in [0.5, 0.6) is 11.5 Å². The predicted octanol–water partition coefficient (Wildman–Crippen LogP) is 4.46. The molecule has 37 heavy (non-hydrogen) atoms. The Morgan fingerprint density at radius 3 is 2.24 bits per heavy atom. The number of rotatable bonds is 7. The highest BCUT2D eigenvalue weighted by molar-refractivity contribution is 5.94. The molecule has 0 fully saturated rings. The number of aromatic nitrogens is 1. The average molecular weight is 496 g/mol. The molecule has 8 nitrogen and oxygen atoms in total. The molecule has 0 unspecified atom stereocenters. The van der Waals surface area contributed by atoms with Gasteiger partial charge < -0.3 is 25.6 Å². The zero-order chi connectivity index (χ0) is 25.8. The molecule has 5 rings (SSSR count). The van der Waals surface area contributed by atoms with Crippen LogP contribution in [-0.4, -0.2) is 33.8 Å². The first-order chi connectivity index (χ1) is 18.0.